The minimum Gasteiger partial charge on any atom is -0.383 e. The van der Waals surface area contributed by atoms with E-state index < -0.39 is 11.5 Å². The number of hydrogen-bond donors (Lipinski definition) is 2. The molecule has 3 aromatic rings. The third-order valence-corrected chi connectivity index (χ3v) is 4.07. The monoisotopic (exact) mass is 387 g/mol. The van der Waals surface area contributed by atoms with Gasteiger partial charge in [-0.05, 0) is 25.1 Å². The fourth-order valence-corrected chi connectivity index (χ4v) is 2.67. The number of nitrogens with zero attached hydrogens (tertiary/aromatic N) is 3. The number of nitrogens with one attached hydrogen (secondary N) is 2. The normalized spacial score (nSPS) is 12.0. The van der Waals surface area contributed by atoms with Crippen LogP contribution in [0.25, 0.3) is 16.9 Å². The van der Waals surface area contributed by atoms with Gasteiger partial charge in [0.15, 0.2) is 0 Å². The predicted octanol–water partition coefficient (Wildman–Crippen LogP) is 2.04. The van der Waals surface area contributed by atoms with Gasteiger partial charge in [-0.2, -0.15) is 14.9 Å². The van der Waals surface area contributed by atoms with Crippen LogP contribution in [-0.2, 0) is 4.74 Å². The molecule has 0 spiro atoms. The molecule has 2 aromatic heterocycles. The second-order valence-electron chi connectivity index (χ2n) is 5.95. The third-order valence-electron chi connectivity index (χ3n) is 3.82. The molecule has 9 heteroatoms. The maximum absolute atomic E-state index is 12.8. The minimum atomic E-state index is -0.545. The van der Waals surface area contributed by atoms with Crippen molar-refractivity contribution in [1.82, 2.24) is 25.3 Å². The number of amides is 1. The predicted molar refractivity (Wildman–Crippen MR) is 101 cm³/mol. The molecule has 0 bridgehead atoms. The minimum absolute atomic E-state index is 0.0286. The maximum Gasteiger partial charge on any atom is 0.284 e. The van der Waals surface area contributed by atoms with Crippen LogP contribution < -0.4 is 10.9 Å². The summed E-state index contributed by atoms with van der Waals surface area (Å²) in [6.07, 6.45) is 2.98. The number of hydrogen-bond acceptors (Lipinski definition) is 5. The molecule has 0 radical (unpaired) electrons. The van der Waals surface area contributed by atoms with Gasteiger partial charge in [0.05, 0.1) is 18.5 Å². The van der Waals surface area contributed by atoms with E-state index in [9.17, 15) is 9.59 Å². The summed E-state index contributed by atoms with van der Waals surface area (Å²) >= 11 is 5.94. The molecule has 2 N–H and O–H groups in total. The zero-order chi connectivity index (χ0) is 19.4. The molecule has 0 saturated heterocycles. The van der Waals surface area contributed by atoms with Gasteiger partial charge in [-0.15, -0.1) is 0 Å². The summed E-state index contributed by atoms with van der Waals surface area (Å²) in [6, 6.07) is 8.18. The molecule has 1 atom stereocenters. The third kappa shape index (κ3) is 4.24. The Morgan fingerprint density at radius 3 is 2.74 bits per heavy atom. The molecular formula is C18H18ClN5O3. The van der Waals surface area contributed by atoms with E-state index in [1.807, 2.05) is 0 Å². The summed E-state index contributed by atoms with van der Waals surface area (Å²) in [6.45, 7) is 2.12. The first kappa shape index (κ1) is 18.8. The van der Waals surface area contributed by atoms with Crippen molar-refractivity contribution in [3.8, 4) is 16.9 Å². The van der Waals surface area contributed by atoms with Gasteiger partial charge in [0.25, 0.3) is 11.5 Å². The molecule has 0 saturated carbocycles. The second-order valence-corrected chi connectivity index (χ2v) is 6.39. The molecule has 0 aliphatic rings. The van der Waals surface area contributed by atoms with Crippen molar-refractivity contribution in [2.45, 2.75) is 13.0 Å². The molecule has 8 nitrogen and oxygen atoms in total. The first-order valence-electron chi connectivity index (χ1n) is 8.19. The summed E-state index contributed by atoms with van der Waals surface area (Å²) in [5.41, 5.74) is 1.03. The molecule has 0 unspecified atom stereocenters. The Kier molecular flexibility index (Phi) is 5.68. The van der Waals surface area contributed by atoms with Crippen LogP contribution in [-0.4, -0.2) is 45.6 Å². The summed E-state index contributed by atoms with van der Waals surface area (Å²) in [5, 5.41) is 14.2. The van der Waals surface area contributed by atoms with E-state index >= 15 is 0 Å². The highest BCUT2D eigenvalue weighted by Gasteiger charge is 2.19. The number of aromatic amines is 1. The van der Waals surface area contributed by atoms with Crippen LogP contribution >= 0.6 is 11.6 Å². The van der Waals surface area contributed by atoms with Crippen LogP contribution in [0.5, 0.6) is 0 Å². The number of aromatic nitrogens is 4. The topological polar surface area (TPSA) is 102 Å². The highest BCUT2D eigenvalue weighted by Crippen LogP contribution is 2.20. The van der Waals surface area contributed by atoms with E-state index in [-0.39, 0.29) is 11.6 Å². The van der Waals surface area contributed by atoms with Gasteiger partial charge in [0.1, 0.15) is 11.3 Å². The van der Waals surface area contributed by atoms with Gasteiger partial charge in [-0.3, -0.25) is 14.7 Å². The van der Waals surface area contributed by atoms with Crippen molar-refractivity contribution in [1.29, 1.82) is 0 Å². The van der Waals surface area contributed by atoms with Crippen molar-refractivity contribution in [3.05, 3.63) is 63.7 Å². The number of carbonyl (C=O) groups is 1. The van der Waals surface area contributed by atoms with E-state index in [0.717, 1.165) is 10.2 Å². The van der Waals surface area contributed by atoms with E-state index in [2.05, 4.69) is 20.6 Å². The van der Waals surface area contributed by atoms with E-state index in [0.29, 0.717) is 23.0 Å². The van der Waals surface area contributed by atoms with Gasteiger partial charge in [0, 0.05) is 29.9 Å². The molecule has 0 fully saturated rings. The van der Waals surface area contributed by atoms with Crippen LogP contribution in [0, 0.1) is 0 Å². The molecule has 3 rings (SSSR count). The number of carbonyl (C=O) groups excluding carboxylic acids is 1. The highest BCUT2D eigenvalue weighted by molar-refractivity contribution is 6.30. The zero-order valence-corrected chi connectivity index (χ0v) is 15.5. The molecule has 1 aromatic carbocycles. The van der Waals surface area contributed by atoms with Crippen LogP contribution in [0.2, 0.25) is 5.02 Å². The molecular weight excluding hydrogens is 370 g/mol. The SMILES string of the molecule is COC[C@H](C)NC(=O)c1cc(-c2ccc(Cl)cc2)nn(-c2cn[nH]c2)c1=O. The fourth-order valence-electron chi connectivity index (χ4n) is 2.55. The summed E-state index contributed by atoms with van der Waals surface area (Å²) < 4.78 is 6.16. The van der Waals surface area contributed by atoms with Crippen molar-refractivity contribution >= 4 is 17.5 Å². The number of methoxy groups -OCH3 is 1. The number of H-pyrrole nitrogens is 1. The van der Waals surface area contributed by atoms with Crippen LogP contribution in [0.1, 0.15) is 17.3 Å². The standard InChI is InChI=1S/C18H18ClN5O3/c1-11(10-27-2)22-17(25)15-7-16(12-3-5-13(19)6-4-12)23-24(18(15)26)14-8-20-21-9-14/h3-9,11H,10H2,1-2H3,(H,20,21)(H,22,25)/t11-/m0/s1. The molecule has 0 aliphatic carbocycles. The van der Waals surface area contributed by atoms with E-state index in [1.54, 1.807) is 38.3 Å². The summed E-state index contributed by atoms with van der Waals surface area (Å²) in [5.74, 6) is -0.501. The first-order chi connectivity index (χ1) is 13.0. The Bertz CT molecular complexity index is 983. The second kappa shape index (κ2) is 8.15. The quantitative estimate of drug-likeness (QED) is 0.673. The van der Waals surface area contributed by atoms with Crippen molar-refractivity contribution in [2.24, 2.45) is 0 Å². The lowest BCUT2D eigenvalue weighted by atomic mass is 10.1. The number of rotatable bonds is 6. The van der Waals surface area contributed by atoms with Gasteiger partial charge < -0.3 is 10.1 Å². The Morgan fingerprint density at radius 1 is 1.37 bits per heavy atom. The Morgan fingerprint density at radius 2 is 2.11 bits per heavy atom. The molecule has 140 valence electrons. The van der Waals surface area contributed by atoms with Gasteiger partial charge in [-0.25, -0.2) is 0 Å². The Labute approximate surface area is 160 Å². The van der Waals surface area contributed by atoms with Crippen LogP contribution in [0.15, 0.2) is 47.5 Å². The summed E-state index contributed by atoms with van der Waals surface area (Å²) in [7, 11) is 1.54. The number of benzene rings is 1. The fraction of sp³-hybridized carbons (Fsp3) is 0.222. The molecule has 2 heterocycles. The number of halogens is 1. The van der Waals surface area contributed by atoms with Crippen LogP contribution in [0.4, 0.5) is 0 Å². The van der Waals surface area contributed by atoms with Crippen molar-refractivity contribution in [3.63, 3.8) is 0 Å². The smallest absolute Gasteiger partial charge is 0.284 e. The van der Waals surface area contributed by atoms with E-state index in [1.165, 1.54) is 18.5 Å². The zero-order valence-electron chi connectivity index (χ0n) is 14.8. The lowest BCUT2D eigenvalue weighted by Gasteiger charge is -2.14. The Hall–Kier alpha value is -2.97. The largest absolute Gasteiger partial charge is 0.383 e. The lowest BCUT2D eigenvalue weighted by molar-refractivity contribution is 0.0903. The van der Waals surface area contributed by atoms with Gasteiger partial charge >= 0.3 is 0 Å². The molecule has 0 aliphatic heterocycles. The first-order valence-corrected chi connectivity index (χ1v) is 8.56. The average Bonchev–Trinajstić information content (AvgIpc) is 3.17. The van der Waals surface area contributed by atoms with E-state index in [4.69, 9.17) is 16.3 Å². The average molecular weight is 388 g/mol. The van der Waals surface area contributed by atoms with Crippen molar-refractivity contribution in [2.75, 3.05) is 13.7 Å². The van der Waals surface area contributed by atoms with Crippen molar-refractivity contribution < 1.29 is 9.53 Å². The molecule has 1 amide bonds. The van der Waals surface area contributed by atoms with Gasteiger partial charge in [0.2, 0.25) is 0 Å². The molecule has 27 heavy (non-hydrogen) atoms. The lowest BCUT2D eigenvalue weighted by Crippen LogP contribution is -2.39. The van der Waals surface area contributed by atoms with Gasteiger partial charge in [-0.1, -0.05) is 23.7 Å². The summed E-state index contributed by atoms with van der Waals surface area (Å²) in [4.78, 5) is 25.5. The Balaban J connectivity index is 2.10. The maximum atomic E-state index is 12.8. The number of ether oxygens (including phenoxy) is 1. The highest BCUT2D eigenvalue weighted by atomic mass is 35.5. The van der Waals surface area contributed by atoms with Crippen LogP contribution in [0.3, 0.4) is 0 Å².